The van der Waals surface area contributed by atoms with Crippen molar-refractivity contribution in [3.8, 4) is 0 Å². The normalized spacial score (nSPS) is 12.2. The summed E-state index contributed by atoms with van der Waals surface area (Å²) in [6, 6.07) is 0. The van der Waals surface area contributed by atoms with Crippen LogP contribution in [0.2, 0.25) is 0 Å². The number of rotatable bonds is 8. The molecule has 0 aromatic carbocycles. The second-order valence-electron chi connectivity index (χ2n) is 5.52. The van der Waals surface area contributed by atoms with Gasteiger partial charge in [0.15, 0.2) is 0 Å². The number of carboxylic acid groups (broad SMARTS) is 1. The Labute approximate surface area is 125 Å². The van der Waals surface area contributed by atoms with Crippen molar-refractivity contribution in [1.82, 2.24) is 15.1 Å². The lowest BCUT2D eigenvalue weighted by molar-refractivity contribution is -0.137. The predicted molar refractivity (Wildman–Crippen MR) is 80.0 cm³/mol. The van der Waals surface area contributed by atoms with Gasteiger partial charge in [0, 0.05) is 31.6 Å². The molecule has 0 fully saturated rings. The standard InChI is InChI=1S/C15H25N3O3/c1-10(9-13-11(2)17-18(4)12(13)3)15(21)16-8-6-5-7-14(19)20/h10H,5-9H2,1-4H3,(H,16,21)(H,19,20). The Kier molecular flexibility index (Phi) is 6.39. The van der Waals surface area contributed by atoms with Gasteiger partial charge in [0.05, 0.1) is 5.69 Å². The van der Waals surface area contributed by atoms with Crippen molar-refractivity contribution in [2.45, 2.75) is 46.5 Å². The summed E-state index contributed by atoms with van der Waals surface area (Å²) in [6.07, 6.45) is 2.10. The Morgan fingerprint density at radius 1 is 1.33 bits per heavy atom. The highest BCUT2D eigenvalue weighted by atomic mass is 16.4. The number of aliphatic carboxylic acids is 1. The molecule has 0 aliphatic rings. The number of carbonyl (C=O) groups excluding carboxylic acids is 1. The van der Waals surface area contributed by atoms with Gasteiger partial charge in [-0.15, -0.1) is 0 Å². The summed E-state index contributed by atoms with van der Waals surface area (Å²) in [6.45, 7) is 6.39. The summed E-state index contributed by atoms with van der Waals surface area (Å²) < 4.78 is 1.83. The molecule has 6 nitrogen and oxygen atoms in total. The van der Waals surface area contributed by atoms with Gasteiger partial charge in [0.2, 0.25) is 5.91 Å². The average Bonchev–Trinajstić information content (AvgIpc) is 2.64. The van der Waals surface area contributed by atoms with Crippen LogP contribution in [-0.4, -0.2) is 33.3 Å². The van der Waals surface area contributed by atoms with E-state index in [1.807, 2.05) is 32.5 Å². The van der Waals surface area contributed by atoms with Crippen molar-refractivity contribution in [3.05, 3.63) is 17.0 Å². The molecule has 0 aliphatic heterocycles. The van der Waals surface area contributed by atoms with Crippen LogP contribution in [0.1, 0.15) is 43.1 Å². The molecule has 0 aliphatic carbocycles. The smallest absolute Gasteiger partial charge is 0.303 e. The third-order valence-electron chi connectivity index (χ3n) is 3.73. The summed E-state index contributed by atoms with van der Waals surface area (Å²) in [5.41, 5.74) is 3.19. The number of nitrogens with zero attached hydrogens (tertiary/aromatic N) is 2. The summed E-state index contributed by atoms with van der Waals surface area (Å²) in [5, 5.41) is 15.8. The quantitative estimate of drug-likeness (QED) is 0.713. The van der Waals surface area contributed by atoms with Crippen molar-refractivity contribution in [3.63, 3.8) is 0 Å². The van der Waals surface area contributed by atoms with E-state index in [0.29, 0.717) is 25.8 Å². The Balaban J connectivity index is 2.39. The Morgan fingerprint density at radius 2 is 2.00 bits per heavy atom. The molecule has 1 aromatic heterocycles. The van der Waals surface area contributed by atoms with Gasteiger partial charge in [-0.1, -0.05) is 6.92 Å². The number of aromatic nitrogens is 2. The van der Waals surface area contributed by atoms with Crippen LogP contribution < -0.4 is 5.32 Å². The number of carboxylic acids is 1. The van der Waals surface area contributed by atoms with E-state index < -0.39 is 5.97 Å². The average molecular weight is 295 g/mol. The van der Waals surface area contributed by atoms with E-state index in [1.165, 1.54) is 0 Å². The highest BCUT2D eigenvalue weighted by Gasteiger charge is 2.18. The zero-order valence-electron chi connectivity index (χ0n) is 13.3. The molecule has 0 bridgehead atoms. The van der Waals surface area contributed by atoms with Gasteiger partial charge in [0.1, 0.15) is 0 Å². The maximum absolute atomic E-state index is 12.0. The fraction of sp³-hybridized carbons (Fsp3) is 0.667. The molecule has 1 aromatic rings. The Morgan fingerprint density at radius 3 is 2.52 bits per heavy atom. The number of hydrogen-bond acceptors (Lipinski definition) is 3. The third-order valence-corrected chi connectivity index (χ3v) is 3.73. The van der Waals surface area contributed by atoms with Gasteiger partial charge >= 0.3 is 5.97 Å². The van der Waals surface area contributed by atoms with Crippen LogP contribution in [0, 0.1) is 19.8 Å². The van der Waals surface area contributed by atoms with Crippen LogP contribution in [0.3, 0.4) is 0 Å². The van der Waals surface area contributed by atoms with Gasteiger partial charge in [-0.3, -0.25) is 14.3 Å². The fourth-order valence-electron chi connectivity index (χ4n) is 2.30. The summed E-state index contributed by atoms with van der Waals surface area (Å²) in [4.78, 5) is 22.4. The van der Waals surface area contributed by atoms with Crippen molar-refractivity contribution in [2.75, 3.05) is 6.54 Å². The summed E-state index contributed by atoms with van der Waals surface area (Å²) in [7, 11) is 1.90. The van der Waals surface area contributed by atoms with Crippen molar-refractivity contribution in [2.24, 2.45) is 13.0 Å². The molecule has 0 radical (unpaired) electrons. The van der Waals surface area contributed by atoms with E-state index in [4.69, 9.17) is 5.11 Å². The maximum atomic E-state index is 12.0. The first-order valence-electron chi connectivity index (χ1n) is 7.31. The number of aryl methyl sites for hydroxylation is 2. The second kappa shape index (κ2) is 7.81. The van der Waals surface area contributed by atoms with Gasteiger partial charge in [0.25, 0.3) is 0 Å². The van der Waals surface area contributed by atoms with E-state index in [2.05, 4.69) is 10.4 Å². The molecule has 1 atom stereocenters. The van der Waals surface area contributed by atoms with E-state index in [0.717, 1.165) is 17.0 Å². The van der Waals surface area contributed by atoms with E-state index in [1.54, 1.807) is 0 Å². The molecule has 21 heavy (non-hydrogen) atoms. The molecule has 1 unspecified atom stereocenters. The molecule has 6 heteroatoms. The molecule has 1 rings (SSSR count). The lowest BCUT2D eigenvalue weighted by atomic mass is 9.99. The monoisotopic (exact) mass is 295 g/mol. The van der Waals surface area contributed by atoms with Crippen molar-refractivity contribution >= 4 is 11.9 Å². The van der Waals surface area contributed by atoms with E-state index >= 15 is 0 Å². The van der Waals surface area contributed by atoms with Crippen LogP contribution in [0.15, 0.2) is 0 Å². The topological polar surface area (TPSA) is 84.2 Å². The van der Waals surface area contributed by atoms with Crippen LogP contribution in [0.5, 0.6) is 0 Å². The Bertz CT molecular complexity index is 509. The van der Waals surface area contributed by atoms with Gasteiger partial charge in [-0.2, -0.15) is 5.10 Å². The van der Waals surface area contributed by atoms with Crippen LogP contribution in [-0.2, 0) is 23.1 Å². The number of unbranched alkanes of at least 4 members (excludes halogenated alkanes) is 1. The highest BCUT2D eigenvalue weighted by Crippen LogP contribution is 2.16. The molecule has 1 heterocycles. The van der Waals surface area contributed by atoms with Crippen molar-refractivity contribution < 1.29 is 14.7 Å². The predicted octanol–water partition coefficient (Wildman–Crippen LogP) is 1.59. The van der Waals surface area contributed by atoms with E-state index in [-0.39, 0.29) is 18.2 Å². The highest BCUT2D eigenvalue weighted by molar-refractivity contribution is 5.78. The molecular formula is C15H25N3O3. The summed E-state index contributed by atoms with van der Waals surface area (Å²) in [5.74, 6) is -0.906. The Hall–Kier alpha value is -1.85. The molecule has 2 N–H and O–H groups in total. The van der Waals surface area contributed by atoms with Crippen LogP contribution >= 0.6 is 0 Å². The first-order chi connectivity index (χ1) is 9.82. The number of nitrogens with one attached hydrogen (secondary N) is 1. The lowest BCUT2D eigenvalue weighted by Crippen LogP contribution is -2.31. The minimum Gasteiger partial charge on any atom is -0.481 e. The summed E-state index contributed by atoms with van der Waals surface area (Å²) >= 11 is 0. The number of carbonyl (C=O) groups is 2. The first-order valence-corrected chi connectivity index (χ1v) is 7.31. The maximum Gasteiger partial charge on any atom is 0.303 e. The molecule has 118 valence electrons. The number of hydrogen-bond donors (Lipinski definition) is 2. The molecule has 1 amide bonds. The minimum absolute atomic E-state index is 0.00739. The van der Waals surface area contributed by atoms with Crippen LogP contribution in [0.4, 0.5) is 0 Å². The molecule has 0 saturated heterocycles. The van der Waals surface area contributed by atoms with Crippen LogP contribution in [0.25, 0.3) is 0 Å². The fourth-order valence-corrected chi connectivity index (χ4v) is 2.30. The van der Waals surface area contributed by atoms with Gasteiger partial charge < -0.3 is 10.4 Å². The largest absolute Gasteiger partial charge is 0.481 e. The zero-order valence-corrected chi connectivity index (χ0v) is 13.3. The molecule has 0 saturated carbocycles. The van der Waals surface area contributed by atoms with Gasteiger partial charge in [-0.05, 0) is 38.7 Å². The van der Waals surface area contributed by atoms with E-state index in [9.17, 15) is 9.59 Å². The molecule has 0 spiro atoms. The lowest BCUT2D eigenvalue weighted by Gasteiger charge is -2.12. The van der Waals surface area contributed by atoms with Gasteiger partial charge in [-0.25, -0.2) is 0 Å². The minimum atomic E-state index is -0.794. The third kappa shape index (κ3) is 5.21. The number of amides is 1. The molecular weight excluding hydrogens is 270 g/mol. The SMILES string of the molecule is Cc1nn(C)c(C)c1CC(C)C(=O)NCCCCC(=O)O. The first kappa shape index (κ1) is 17.2. The second-order valence-corrected chi connectivity index (χ2v) is 5.52. The van der Waals surface area contributed by atoms with Crippen molar-refractivity contribution in [1.29, 1.82) is 0 Å². The zero-order chi connectivity index (χ0) is 16.0.